The van der Waals surface area contributed by atoms with Gasteiger partial charge in [-0.3, -0.25) is 4.90 Å². The van der Waals surface area contributed by atoms with Crippen LogP contribution in [0.1, 0.15) is 40.5 Å². The van der Waals surface area contributed by atoms with Gasteiger partial charge >= 0.3 is 0 Å². The van der Waals surface area contributed by atoms with Crippen LogP contribution in [0.4, 0.5) is 0 Å². The van der Waals surface area contributed by atoms with Crippen LogP contribution in [0.2, 0.25) is 11.1 Å². The maximum Gasteiger partial charge on any atom is 0.193 e. The molecule has 1 atom stereocenters. The fraction of sp³-hybridized carbons (Fsp3) is 1.00. The van der Waals surface area contributed by atoms with Gasteiger partial charge in [0, 0.05) is 5.54 Å². The summed E-state index contributed by atoms with van der Waals surface area (Å²) in [5.74, 6) is 0.926. The van der Waals surface area contributed by atoms with Crippen LogP contribution in [0.25, 0.3) is 0 Å². The Morgan fingerprint density at radius 2 is 1.59 bits per heavy atom. The second-order valence-corrected chi connectivity index (χ2v) is 18.0. The SMILES string of the molecule is CC1B(C(I)(I)I)C12CCN(C(C)(C)C)CC2. The quantitative estimate of drug-likeness (QED) is 0.243. The summed E-state index contributed by atoms with van der Waals surface area (Å²) in [6.45, 7) is 13.0. The summed E-state index contributed by atoms with van der Waals surface area (Å²) in [5.41, 5.74) is 0.352. The molecule has 0 aliphatic carbocycles. The van der Waals surface area contributed by atoms with Gasteiger partial charge in [0.25, 0.3) is 0 Å². The number of alkyl halides is 3. The largest absolute Gasteiger partial charge is 0.299 e. The third-order valence-corrected chi connectivity index (χ3v) is 6.93. The van der Waals surface area contributed by atoms with Gasteiger partial charge in [-0.25, -0.2) is 0 Å². The first kappa shape index (κ1) is 15.6. The summed E-state index contributed by atoms with van der Waals surface area (Å²) in [6.07, 6.45) is 2.82. The van der Waals surface area contributed by atoms with E-state index in [-0.39, 0.29) is 0 Å². The van der Waals surface area contributed by atoms with Crippen molar-refractivity contribution in [1.29, 1.82) is 0 Å². The highest BCUT2D eigenvalue weighted by Gasteiger charge is 2.70. The first-order valence-corrected chi connectivity index (χ1v) is 9.64. The van der Waals surface area contributed by atoms with Gasteiger partial charge in [-0.1, -0.05) is 80.5 Å². The molecule has 0 radical (unpaired) electrons. The van der Waals surface area contributed by atoms with E-state index in [1.54, 1.807) is 0 Å². The van der Waals surface area contributed by atoms with Crippen LogP contribution in [0.3, 0.4) is 0 Å². The normalized spacial score (nSPS) is 29.8. The molecule has 2 rings (SSSR count). The van der Waals surface area contributed by atoms with E-state index in [0.29, 0.717) is 10.2 Å². The second-order valence-electron chi connectivity index (χ2n) is 6.70. The van der Waals surface area contributed by atoms with Gasteiger partial charge in [-0.2, -0.15) is 0 Å². The van der Waals surface area contributed by atoms with Gasteiger partial charge in [0.15, 0.2) is 6.71 Å². The lowest BCUT2D eigenvalue weighted by Gasteiger charge is -2.42. The van der Waals surface area contributed by atoms with Crippen molar-refractivity contribution in [2.75, 3.05) is 13.1 Å². The minimum Gasteiger partial charge on any atom is -0.299 e. The van der Waals surface area contributed by atoms with Crippen LogP contribution in [-0.4, -0.2) is 29.6 Å². The maximum atomic E-state index is 2.66. The molecule has 0 aromatic heterocycles. The number of rotatable bonds is 1. The average Bonchev–Trinajstić information content (AvgIpc) is 2.69. The monoisotopic (exact) mass is 571 g/mol. The van der Waals surface area contributed by atoms with Crippen molar-refractivity contribution in [3.63, 3.8) is 0 Å². The summed E-state index contributed by atoms with van der Waals surface area (Å²) in [6, 6.07) is 0. The highest BCUT2D eigenvalue weighted by atomic mass is 127. The third-order valence-electron chi connectivity index (χ3n) is 4.91. The molecule has 17 heavy (non-hydrogen) atoms. The van der Waals surface area contributed by atoms with Crippen molar-refractivity contribution in [2.45, 2.75) is 56.5 Å². The number of hydrogen-bond acceptors (Lipinski definition) is 1. The molecule has 0 N–H and O–H groups in total. The molecule has 2 fully saturated rings. The topological polar surface area (TPSA) is 3.24 Å². The zero-order valence-electron chi connectivity index (χ0n) is 11.1. The van der Waals surface area contributed by atoms with Gasteiger partial charge in [0.2, 0.25) is 0 Å². The lowest BCUT2D eigenvalue weighted by molar-refractivity contribution is 0.0992. The van der Waals surface area contributed by atoms with Crippen molar-refractivity contribution in [2.24, 2.45) is 0 Å². The van der Waals surface area contributed by atoms with Gasteiger partial charge in [0.1, 0.15) is 0 Å². The number of nitrogens with zero attached hydrogens (tertiary/aromatic N) is 1. The highest BCUT2D eigenvalue weighted by Crippen LogP contribution is 2.75. The molecule has 2 aliphatic rings. The molecular weight excluding hydrogens is 550 g/mol. The molecule has 0 bridgehead atoms. The Balaban J connectivity index is 2.01. The van der Waals surface area contributed by atoms with Crippen molar-refractivity contribution >= 4 is 74.5 Å². The Morgan fingerprint density at radius 3 is 1.88 bits per heavy atom. The van der Waals surface area contributed by atoms with E-state index in [1.165, 1.54) is 25.9 Å². The smallest absolute Gasteiger partial charge is 0.193 e. The Morgan fingerprint density at radius 1 is 1.12 bits per heavy atom. The van der Waals surface area contributed by atoms with Crippen molar-refractivity contribution in [3.8, 4) is 0 Å². The lowest BCUT2D eigenvalue weighted by Crippen LogP contribution is -2.46. The summed E-state index contributed by atoms with van der Waals surface area (Å²) < 4.78 is 0.413. The fourth-order valence-corrected chi connectivity index (χ4v) is 7.15. The number of piperidine rings is 1. The molecule has 0 saturated carbocycles. The highest BCUT2D eigenvalue weighted by molar-refractivity contribution is 14.3. The van der Waals surface area contributed by atoms with Crippen LogP contribution < -0.4 is 0 Å². The first-order valence-electron chi connectivity index (χ1n) is 6.41. The molecule has 0 aromatic rings. The van der Waals surface area contributed by atoms with Gasteiger partial charge in [-0.15, -0.1) is 0 Å². The Kier molecular flexibility index (Phi) is 4.49. The molecule has 1 nitrogen and oxygen atoms in total. The summed E-state index contributed by atoms with van der Waals surface area (Å²) in [4.78, 5) is 2.66. The fourth-order valence-electron chi connectivity index (χ4n) is 3.67. The maximum absolute atomic E-state index is 2.66. The molecule has 0 aromatic carbocycles. The van der Waals surface area contributed by atoms with Gasteiger partial charge < -0.3 is 0 Å². The van der Waals surface area contributed by atoms with Crippen molar-refractivity contribution < 1.29 is 0 Å². The zero-order chi connectivity index (χ0) is 13.1. The van der Waals surface area contributed by atoms with E-state index in [2.05, 4.69) is 100 Å². The van der Waals surface area contributed by atoms with Crippen LogP contribution in [0.5, 0.6) is 0 Å². The predicted molar refractivity (Wildman–Crippen MR) is 103 cm³/mol. The lowest BCUT2D eigenvalue weighted by atomic mass is 9.60. The van der Waals surface area contributed by atoms with Crippen LogP contribution in [0.15, 0.2) is 0 Å². The van der Waals surface area contributed by atoms with Gasteiger partial charge in [-0.05, 0) is 52.0 Å². The summed E-state index contributed by atoms with van der Waals surface area (Å²) >= 11 is 7.91. The molecule has 5 heteroatoms. The molecular formula is C12H21BI3N. The van der Waals surface area contributed by atoms with Crippen molar-refractivity contribution in [3.05, 3.63) is 0 Å². The standard InChI is InChI=1S/C12H21BI3N/c1-9-11(13(9)12(14,15)16)5-7-17(8-6-11)10(2,3)4/h9H,5-8H2,1-4H3. The van der Waals surface area contributed by atoms with E-state index >= 15 is 0 Å². The molecule has 2 saturated heterocycles. The molecule has 98 valence electrons. The Hall–Kier alpha value is 2.21. The van der Waals surface area contributed by atoms with E-state index in [1.807, 2.05) is 0 Å². The summed E-state index contributed by atoms with van der Waals surface area (Å²) in [7, 11) is 0. The van der Waals surface area contributed by atoms with Gasteiger partial charge in [0.05, 0.1) is -0.665 Å². The van der Waals surface area contributed by atoms with E-state index in [0.717, 1.165) is 12.5 Å². The van der Waals surface area contributed by atoms with Crippen LogP contribution in [0, 0.1) is 0 Å². The minimum absolute atomic E-state index is 0.352. The number of halogens is 3. The molecule has 0 amide bonds. The Labute approximate surface area is 147 Å². The zero-order valence-corrected chi connectivity index (χ0v) is 17.5. The van der Waals surface area contributed by atoms with E-state index in [4.69, 9.17) is 0 Å². The average molecular weight is 571 g/mol. The van der Waals surface area contributed by atoms with E-state index in [9.17, 15) is 0 Å². The predicted octanol–water partition coefficient (Wildman–Crippen LogP) is 5.02. The third kappa shape index (κ3) is 2.96. The minimum atomic E-state index is 0.352. The van der Waals surface area contributed by atoms with Crippen molar-refractivity contribution in [1.82, 2.24) is 4.90 Å². The molecule has 1 spiro atoms. The van der Waals surface area contributed by atoms with Crippen LogP contribution in [-0.2, 0) is 0 Å². The second kappa shape index (κ2) is 4.89. The molecule has 1 unspecified atom stereocenters. The van der Waals surface area contributed by atoms with E-state index < -0.39 is 0 Å². The number of hydrogen-bond donors (Lipinski definition) is 0. The molecule has 2 aliphatic heterocycles. The molecule has 2 heterocycles. The van der Waals surface area contributed by atoms with Crippen LogP contribution >= 0.6 is 67.8 Å². The number of likely N-dealkylation sites (tertiary alicyclic amines) is 1. The summed E-state index contributed by atoms with van der Waals surface area (Å²) in [5, 5.41) is 0.672. The Bertz CT molecular complexity index is 300. The first-order chi connectivity index (χ1) is 7.59.